The summed E-state index contributed by atoms with van der Waals surface area (Å²) < 4.78 is 7.61. The lowest BCUT2D eigenvalue weighted by atomic mass is 9.93. The maximum atomic E-state index is 12.1. The normalized spacial score (nSPS) is 22.7. The number of aliphatic imine (C=N–C) groups is 1. The lowest BCUT2D eigenvalue weighted by Gasteiger charge is -2.39. The third-order valence-corrected chi connectivity index (χ3v) is 6.03. The number of amides is 1. The lowest BCUT2D eigenvalue weighted by Crippen LogP contribution is -2.49. The van der Waals surface area contributed by atoms with Gasteiger partial charge < -0.3 is 24.4 Å². The predicted molar refractivity (Wildman–Crippen MR) is 133 cm³/mol. The minimum absolute atomic E-state index is 0. The van der Waals surface area contributed by atoms with Gasteiger partial charge in [-0.25, -0.2) is 9.98 Å². The number of guanidine groups is 1. The van der Waals surface area contributed by atoms with Crippen LogP contribution in [0.5, 0.6) is 0 Å². The molecule has 1 amide bonds. The predicted octanol–water partition coefficient (Wildman–Crippen LogP) is 1.14. The van der Waals surface area contributed by atoms with Crippen molar-refractivity contribution in [3.05, 3.63) is 18.7 Å². The van der Waals surface area contributed by atoms with Gasteiger partial charge >= 0.3 is 0 Å². The van der Waals surface area contributed by atoms with Gasteiger partial charge in [0.1, 0.15) is 6.54 Å². The number of carbonyl (C=O) groups excluding carboxylic acids is 1. The van der Waals surface area contributed by atoms with Crippen LogP contribution in [0.15, 0.2) is 23.7 Å². The fourth-order valence-electron chi connectivity index (χ4n) is 3.97. The molecule has 2 saturated heterocycles. The van der Waals surface area contributed by atoms with Crippen LogP contribution in [-0.2, 0) is 9.53 Å². The zero-order chi connectivity index (χ0) is 21.3. The van der Waals surface area contributed by atoms with E-state index in [0.29, 0.717) is 12.0 Å². The van der Waals surface area contributed by atoms with Crippen molar-refractivity contribution in [1.82, 2.24) is 29.6 Å². The van der Waals surface area contributed by atoms with Gasteiger partial charge in [-0.2, -0.15) is 0 Å². The van der Waals surface area contributed by atoms with Crippen LogP contribution in [0.25, 0.3) is 0 Å². The van der Waals surface area contributed by atoms with Gasteiger partial charge in [-0.15, -0.1) is 24.0 Å². The summed E-state index contributed by atoms with van der Waals surface area (Å²) in [5.41, 5.74) is 0. The van der Waals surface area contributed by atoms with E-state index < -0.39 is 0 Å². The molecule has 1 aromatic heterocycles. The molecule has 3 rings (SSSR count). The number of carbonyl (C=O) groups is 1. The molecule has 1 N–H and O–H groups in total. The van der Waals surface area contributed by atoms with E-state index in [4.69, 9.17) is 4.74 Å². The summed E-state index contributed by atoms with van der Waals surface area (Å²) in [5, 5.41) is 3.53. The highest BCUT2D eigenvalue weighted by Gasteiger charge is 2.29. The fourth-order valence-corrected chi connectivity index (χ4v) is 3.97. The van der Waals surface area contributed by atoms with E-state index in [9.17, 15) is 4.79 Å². The monoisotopic (exact) mass is 547 g/mol. The Hall–Kier alpha value is -1.40. The van der Waals surface area contributed by atoms with Gasteiger partial charge in [0.25, 0.3) is 0 Å². The van der Waals surface area contributed by atoms with Gasteiger partial charge in [-0.1, -0.05) is 6.92 Å². The number of imidazole rings is 1. The van der Waals surface area contributed by atoms with Gasteiger partial charge in [-0.05, 0) is 25.3 Å². The van der Waals surface area contributed by atoms with E-state index in [2.05, 4.69) is 36.6 Å². The van der Waals surface area contributed by atoms with Crippen LogP contribution in [-0.4, -0.2) is 109 Å². The van der Waals surface area contributed by atoms with Crippen molar-refractivity contribution in [3.8, 4) is 0 Å². The third kappa shape index (κ3) is 7.90. The zero-order valence-electron chi connectivity index (χ0n) is 19.1. The van der Waals surface area contributed by atoms with Gasteiger partial charge in [0.15, 0.2) is 5.96 Å². The highest BCUT2D eigenvalue weighted by molar-refractivity contribution is 14.0. The minimum Gasteiger partial charge on any atom is -0.379 e. The Morgan fingerprint density at radius 2 is 2.06 bits per heavy atom. The fraction of sp³-hybridized carbons (Fsp3) is 0.762. The summed E-state index contributed by atoms with van der Waals surface area (Å²) in [6.45, 7) is 9.83. The summed E-state index contributed by atoms with van der Waals surface area (Å²) in [6, 6.07) is 0.353. The maximum absolute atomic E-state index is 12.1. The molecule has 0 bridgehead atoms. The Balaban J connectivity index is 0.00000341. The molecule has 9 nitrogen and oxygen atoms in total. The van der Waals surface area contributed by atoms with Gasteiger partial charge in [0, 0.05) is 59.2 Å². The molecule has 0 aliphatic carbocycles. The smallest absolute Gasteiger partial charge is 0.243 e. The molecule has 2 aliphatic heterocycles. The topological polar surface area (TPSA) is 78.2 Å². The number of piperidine rings is 1. The first kappa shape index (κ1) is 25.9. The van der Waals surface area contributed by atoms with E-state index in [-0.39, 0.29) is 36.4 Å². The number of nitrogens with zero attached hydrogens (tertiary/aromatic N) is 6. The van der Waals surface area contributed by atoms with Crippen LogP contribution >= 0.6 is 24.0 Å². The number of morpholine rings is 1. The van der Waals surface area contributed by atoms with Crippen molar-refractivity contribution in [1.29, 1.82) is 0 Å². The number of ether oxygens (including phenoxy) is 1. The SMILES string of the molecule is CC1CCN(C(=NCC(=O)N(C)C)NCCCN2CCOCC2)CC1n1ccnc1.I. The largest absolute Gasteiger partial charge is 0.379 e. The number of nitrogens with one attached hydrogen (secondary N) is 1. The van der Waals surface area contributed by atoms with Crippen LogP contribution in [0.2, 0.25) is 0 Å². The average molecular weight is 547 g/mol. The van der Waals surface area contributed by atoms with E-state index in [1.54, 1.807) is 19.0 Å². The second-order valence-electron chi connectivity index (χ2n) is 8.45. The van der Waals surface area contributed by atoms with Crippen LogP contribution in [0, 0.1) is 5.92 Å². The Morgan fingerprint density at radius 1 is 1.29 bits per heavy atom. The molecule has 0 spiro atoms. The Labute approximate surface area is 203 Å². The molecule has 10 heteroatoms. The summed E-state index contributed by atoms with van der Waals surface area (Å²) in [6.07, 6.45) is 7.88. The molecular weight excluding hydrogens is 509 g/mol. The van der Waals surface area contributed by atoms with Crippen molar-refractivity contribution in [2.24, 2.45) is 10.9 Å². The van der Waals surface area contributed by atoms with Gasteiger partial charge in [0.2, 0.25) is 5.91 Å². The number of hydrogen-bond acceptors (Lipinski definition) is 5. The Kier molecular flexibility index (Phi) is 11.0. The third-order valence-electron chi connectivity index (χ3n) is 6.03. The number of rotatable bonds is 7. The highest BCUT2D eigenvalue weighted by Crippen LogP contribution is 2.27. The van der Waals surface area contributed by atoms with Crippen LogP contribution in [0.4, 0.5) is 0 Å². The van der Waals surface area contributed by atoms with Crippen molar-refractivity contribution < 1.29 is 9.53 Å². The van der Waals surface area contributed by atoms with Crippen LogP contribution in [0.1, 0.15) is 25.8 Å². The second-order valence-corrected chi connectivity index (χ2v) is 8.45. The molecule has 2 unspecified atom stereocenters. The standard InChI is InChI=1S/C21H37N7O2.HI/c1-18-5-9-27(16-19(18)28-10-7-22-17-28)21(24-15-20(29)25(2)3)23-6-4-8-26-11-13-30-14-12-26;/h7,10,17-19H,4-6,8-9,11-16H2,1-3H3,(H,23,24);1H. The molecule has 3 heterocycles. The van der Waals surface area contributed by atoms with Crippen molar-refractivity contribution >= 4 is 35.8 Å². The van der Waals surface area contributed by atoms with E-state index in [1.165, 1.54) is 0 Å². The molecule has 2 aliphatic rings. The molecule has 31 heavy (non-hydrogen) atoms. The Bertz CT molecular complexity index is 677. The quantitative estimate of drug-likeness (QED) is 0.239. The number of hydrogen-bond donors (Lipinski definition) is 1. The number of halogens is 1. The molecule has 2 atom stereocenters. The van der Waals surface area contributed by atoms with E-state index >= 15 is 0 Å². The van der Waals surface area contributed by atoms with E-state index in [0.717, 1.165) is 71.3 Å². The first-order valence-corrected chi connectivity index (χ1v) is 11.1. The first-order chi connectivity index (χ1) is 14.5. The summed E-state index contributed by atoms with van der Waals surface area (Å²) in [5.74, 6) is 1.42. The van der Waals surface area contributed by atoms with E-state index in [1.807, 2.05) is 18.7 Å². The molecule has 1 aromatic rings. The minimum atomic E-state index is 0. The summed E-state index contributed by atoms with van der Waals surface area (Å²) in [7, 11) is 3.54. The zero-order valence-corrected chi connectivity index (χ0v) is 21.4. The lowest BCUT2D eigenvalue weighted by molar-refractivity contribution is -0.127. The van der Waals surface area contributed by atoms with Crippen molar-refractivity contribution in [2.45, 2.75) is 25.8 Å². The van der Waals surface area contributed by atoms with Crippen LogP contribution in [0.3, 0.4) is 0 Å². The second kappa shape index (κ2) is 13.2. The molecule has 0 saturated carbocycles. The Morgan fingerprint density at radius 3 is 2.74 bits per heavy atom. The van der Waals surface area contributed by atoms with Crippen LogP contribution < -0.4 is 5.32 Å². The number of aromatic nitrogens is 2. The van der Waals surface area contributed by atoms with Crippen molar-refractivity contribution in [2.75, 3.05) is 73.1 Å². The summed E-state index contributed by atoms with van der Waals surface area (Å²) in [4.78, 5) is 27.3. The van der Waals surface area contributed by atoms with Gasteiger partial charge in [0.05, 0.1) is 25.6 Å². The molecular formula is C21H38IN7O2. The van der Waals surface area contributed by atoms with Crippen molar-refractivity contribution in [3.63, 3.8) is 0 Å². The molecule has 0 aromatic carbocycles. The molecule has 2 fully saturated rings. The average Bonchev–Trinajstić information content (AvgIpc) is 3.29. The summed E-state index contributed by atoms with van der Waals surface area (Å²) >= 11 is 0. The maximum Gasteiger partial charge on any atom is 0.243 e. The van der Waals surface area contributed by atoms with Gasteiger partial charge in [-0.3, -0.25) is 9.69 Å². The number of likely N-dealkylation sites (tertiary alicyclic amines) is 1. The highest BCUT2D eigenvalue weighted by atomic mass is 127. The molecule has 0 radical (unpaired) electrons. The number of likely N-dealkylation sites (N-methyl/N-ethyl adjacent to an activating group) is 1. The first-order valence-electron chi connectivity index (χ1n) is 11.1. The molecule has 176 valence electrons.